The molecular formula is C10H16O3. The van der Waals surface area contributed by atoms with Crippen LogP contribution in [0.2, 0.25) is 0 Å². The summed E-state index contributed by atoms with van der Waals surface area (Å²) in [5.41, 5.74) is 0. The minimum Gasteiger partial charge on any atom is -0.478 e. The molecule has 0 amide bonds. The van der Waals surface area contributed by atoms with E-state index in [1.807, 2.05) is 0 Å². The Hall–Kier alpha value is -0.830. The molecule has 74 valence electrons. The SMILES string of the molecule is CCCCCC1OC1/C=C/C(=O)O. The van der Waals surface area contributed by atoms with Crippen LogP contribution in [0.15, 0.2) is 12.2 Å². The summed E-state index contributed by atoms with van der Waals surface area (Å²) in [6.45, 7) is 2.16. The molecule has 2 unspecified atom stereocenters. The van der Waals surface area contributed by atoms with Crippen molar-refractivity contribution in [2.75, 3.05) is 0 Å². The molecule has 1 heterocycles. The Kier molecular flexibility index (Phi) is 3.96. The van der Waals surface area contributed by atoms with E-state index in [0.717, 1.165) is 12.5 Å². The second-order valence-corrected chi connectivity index (χ2v) is 3.33. The highest BCUT2D eigenvalue weighted by Crippen LogP contribution is 2.28. The Labute approximate surface area is 78.4 Å². The van der Waals surface area contributed by atoms with Gasteiger partial charge < -0.3 is 9.84 Å². The highest BCUT2D eigenvalue weighted by Gasteiger charge is 2.35. The molecule has 1 aliphatic rings. The molecule has 1 aliphatic heterocycles. The number of hydrogen-bond acceptors (Lipinski definition) is 2. The number of carboxylic acids is 1. The van der Waals surface area contributed by atoms with Crippen molar-refractivity contribution in [3.63, 3.8) is 0 Å². The monoisotopic (exact) mass is 184 g/mol. The number of unbranched alkanes of at least 4 members (excludes halogenated alkanes) is 2. The van der Waals surface area contributed by atoms with Gasteiger partial charge in [0.1, 0.15) is 6.10 Å². The molecule has 0 radical (unpaired) electrons. The zero-order chi connectivity index (χ0) is 9.68. The lowest BCUT2D eigenvalue weighted by Crippen LogP contribution is -1.93. The maximum atomic E-state index is 10.2. The Morgan fingerprint density at radius 2 is 2.31 bits per heavy atom. The van der Waals surface area contributed by atoms with E-state index in [9.17, 15) is 4.79 Å². The van der Waals surface area contributed by atoms with Crippen molar-refractivity contribution in [1.82, 2.24) is 0 Å². The van der Waals surface area contributed by atoms with Gasteiger partial charge in [0.2, 0.25) is 0 Å². The van der Waals surface area contributed by atoms with Gasteiger partial charge in [-0.25, -0.2) is 4.79 Å². The molecule has 1 fully saturated rings. The standard InChI is InChI=1S/C10H16O3/c1-2-3-4-5-8-9(13-8)6-7-10(11)12/h6-9H,2-5H2,1H3,(H,11,12)/b7-6+. The van der Waals surface area contributed by atoms with Crippen LogP contribution in [0.1, 0.15) is 32.6 Å². The van der Waals surface area contributed by atoms with Crippen LogP contribution >= 0.6 is 0 Å². The number of epoxide rings is 1. The zero-order valence-corrected chi connectivity index (χ0v) is 7.90. The van der Waals surface area contributed by atoms with Crippen molar-refractivity contribution in [2.24, 2.45) is 0 Å². The molecule has 3 nitrogen and oxygen atoms in total. The Balaban J connectivity index is 2.05. The number of carbonyl (C=O) groups is 1. The summed E-state index contributed by atoms with van der Waals surface area (Å²) in [5, 5.41) is 8.35. The van der Waals surface area contributed by atoms with Crippen LogP contribution < -0.4 is 0 Å². The molecule has 0 aliphatic carbocycles. The summed E-state index contributed by atoms with van der Waals surface area (Å²) in [6.07, 6.45) is 7.80. The number of rotatable bonds is 6. The summed E-state index contributed by atoms with van der Waals surface area (Å²) in [7, 11) is 0. The Morgan fingerprint density at radius 1 is 1.54 bits per heavy atom. The summed E-state index contributed by atoms with van der Waals surface area (Å²) >= 11 is 0. The van der Waals surface area contributed by atoms with E-state index in [1.54, 1.807) is 6.08 Å². The van der Waals surface area contributed by atoms with Crippen molar-refractivity contribution in [1.29, 1.82) is 0 Å². The highest BCUT2D eigenvalue weighted by molar-refractivity contribution is 5.79. The lowest BCUT2D eigenvalue weighted by atomic mass is 10.1. The number of carboxylic acid groups (broad SMARTS) is 1. The third-order valence-corrected chi connectivity index (χ3v) is 2.14. The summed E-state index contributed by atoms with van der Waals surface area (Å²) in [5.74, 6) is -0.900. The van der Waals surface area contributed by atoms with E-state index in [-0.39, 0.29) is 12.2 Å². The first-order valence-electron chi connectivity index (χ1n) is 4.80. The molecule has 1 rings (SSSR count). The maximum absolute atomic E-state index is 10.2. The average Bonchev–Trinajstić information content (AvgIpc) is 2.81. The number of hydrogen-bond donors (Lipinski definition) is 1. The molecule has 0 aromatic carbocycles. The minimum absolute atomic E-state index is 0.0629. The zero-order valence-electron chi connectivity index (χ0n) is 7.90. The molecule has 0 aromatic rings. The molecule has 0 aromatic heterocycles. The van der Waals surface area contributed by atoms with E-state index < -0.39 is 5.97 Å². The highest BCUT2D eigenvalue weighted by atomic mass is 16.6. The summed E-state index contributed by atoms with van der Waals surface area (Å²) in [6, 6.07) is 0. The van der Waals surface area contributed by atoms with E-state index >= 15 is 0 Å². The fraction of sp³-hybridized carbons (Fsp3) is 0.700. The molecule has 2 atom stereocenters. The second kappa shape index (κ2) is 5.02. The molecule has 0 saturated carbocycles. The lowest BCUT2D eigenvalue weighted by Gasteiger charge is -1.92. The first-order valence-corrected chi connectivity index (χ1v) is 4.80. The number of ether oxygens (including phenoxy) is 1. The topological polar surface area (TPSA) is 49.8 Å². The fourth-order valence-corrected chi connectivity index (χ4v) is 1.33. The number of aliphatic carboxylic acids is 1. The molecule has 1 N–H and O–H groups in total. The van der Waals surface area contributed by atoms with Crippen LogP contribution in [0.25, 0.3) is 0 Å². The van der Waals surface area contributed by atoms with Crippen molar-refractivity contribution in [2.45, 2.75) is 44.8 Å². The van der Waals surface area contributed by atoms with Crippen molar-refractivity contribution >= 4 is 5.97 Å². The van der Waals surface area contributed by atoms with E-state index in [0.29, 0.717) is 0 Å². The van der Waals surface area contributed by atoms with Crippen LogP contribution in [0.4, 0.5) is 0 Å². The first-order chi connectivity index (χ1) is 6.24. The normalized spacial score (nSPS) is 26.5. The van der Waals surface area contributed by atoms with Crippen LogP contribution in [0.5, 0.6) is 0 Å². The van der Waals surface area contributed by atoms with Gasteiger partial charge >= 0.3 is 5.97 Å². The predicted molar refractivity (Wildman–Crippen MR) is 49.6 cm³/mol. The van der Waals surface area contributed by atoms with Gasteiger partial charge in [0.25, 0.3) is 0 Å². The third kappa shape index (κ3) is 4.08. The van der Waals surface area contributed by atoms with E-state index in [2.05, 4.69) is 6.92 Å². The molecule has 3 heteroatoms. The third-order valence-electron chi connectivity index (χ3n) is 2.14. The smallest absolute Gasteiger partial charge is 0.328 e. The van der Waals surface area contributed by atoms with Crippen LogP contribution in [-0.2, 0) is 9.53 Å². The molecule has 13 heavy (non-hydrogen) atoms. The van der Waals surface area contributed by atoms with Gasteiger partial charge in [-0.2, -0.15) is 0 Å². The summed E-state index contributed by atoms with van der Waals surface area (Å²) < 4.78 is 5.26. The van der Waals surface area contributed by atoms with E-state index in [1.165, 1.54) is 19.3 Å². The van der Waals surface area contributed by atoms with Gasteiger partial charge in [0.05, 0.1) is 6.10 Å². The van der Waals surface area contributed by atoms with Crippen molar-refractivity contribution in [3.8, 4) is 0 Å². The maximum Gasteiger partial charge on any atom is 0.328 e. The van der Waals surface area contributed by atoms with Gasteiger partial charge in [0, 0.05) is 6.08 Å². The van der Waals surface area contributed by atoms with Gasteiger partial charge in [0.15, 0.2) is 0 Å². The van der Waals surface area contributed by atoms with Crippen LogP contribution in [0.3, 0.4) is 0 Å². The van der Waals surface area contributed by atoms with Gasteiger partial charge in [-0.05, 0) is 12.5 Å². The molecule has 0 bridgehead atoms. The van der Waals surface area contributed by atoms with Crippen LogP contribution in [-0.4, -0.2) is 23.3 Å². The average molecular weight is 184 g/mol. The molecular weight excluding hydrogens is 168 g/mol. The minimum atomic E-state index is -0.900. The Morgan fingerprint density at radius 3 is 2.92 bits per heavy atom. The largest absolute Gasteiger partial charge is 0.478 e. The van der Waals surface area contributed by atoms with Crippen molar-refractivity contribution in [3.05, 3.63) is 12.2 Å². The van der Waals surface area contributed by atoms with Gasteiger partial charge in [-0.15, -0.1) is 0 Å². The van der Waals surface area contributed by atoms with Crippen LogP contribution in [0, 0.1) is 0 Å². The second-order valence-electron chi connectivity index (χ2n) is 3.33. The van der Waals surface area contributed by atoms with E-state index in [4.69, 9.17) is 9.84 Å². The first kappa shape index (κ1) is 10.3. The lowest BCUT2D eigenvalue weighted by molar-refractivity contribution is -0.131. The van der Waals surface area contributed by atoms with Gasteiger partial charge in [-0.3, -0.25) is 0 Å². The van der Waals surface area contributed by atoms with Gasteiger partial charge in [-0.1, -0.05) is 26.2 Å². The quantitative estimate of drug-likeness (QED) is 0.390. The summed E-state index contributed by atoms with van der Waals surface area (Å²) in [4.78, 5) is 10.2. The Bertz CT molecular complexity index is 198. The predicted octanol–water partition coefficient (Wildman–Crippen LogP) is 1.97. The molecule has 1 saturated heterocycles. The molecule has 0 spiro atoms. The van der Waals surface area contributed by atoms with Crippen molar-refractivity contribution < 1.29 is 14.6 Å². The fourth-order valence-electron chi connectivity index (χ4n) is 1.33.